The average Bonchev–Trinajstić information content (AvgIpc) is 3.10. The van der Waals surface area contributed by atoms with Gasteiger partial charge in [-0.15, -0.1) is 0 Å². The second-order valence-corrected chi connectivity index (χ2v) is 8.64. The average molecular weight is 342 g/mol. The van der Waals surface area contributed by atoms with Gasteiger partial charge in [0.2, 0.25) is 5.95 Å². The van der Waals surface area contributed by atoms with Crippen molar-refractivity contribution in [2.24, 2.45) is 23.7 Å². The van der Waals surface area contributed by atoms with E-state index in [-0.39, 0.29) is 0 Å². The zero-order valence-corrected chi connectivity index (χ0v) is 15.3. The molecule has 6 rings (SSSR count). The molecule has 136 valence electrons. The van der Waals surface area contributed by atoms with Gasteiger partial charge in [-0.05, 0) is 56.4 Å². The summed E-state index contributed by atoms with van der Waals surface area (Å²) < 4.78 is 0. The monoisotopic (exact) mass is 342 g/mol. The Kier molecular flexibility index (Phi) is 3.77. The van der Waals surface area contributed by atoms with Gasteiger partial charge in [0.1, 0.15) is 11.6 Å². The molecule has 0 radical (unpaired) electrons. The number of hydrogen-bond acceptors (Lipinski definition) is 6. The fourth-order valence-electron chi connectivity index (χ4n) is 5.84. The van der Waals surface area contributed by atoms with Crippen LogP contribution in [0.4, 0.5) is 17.6 Å². The highest BCUT2D eigenvalue weighted by atomic mass is 15.3. The maximum atomic E-state index is 6.09. The van der Waals surface area contributed by atoms with Crippen molar-refractivity contribution in [1.29, 1.82) is 0 Å². The van der Waals surface area contributed by atoms with Crippen LogP contribution in [0.15, 0.2) is 6.07 Å². The standard InChI is InChI=1S/C19H30N6/c1-23-6-8-24(9-7-23)17-10-18(22-19(20)21-17)25-11-15-13-2-3-14(5-4-13)16(15)12-25/h10,13-16H,2-9,11-12H2,1H3,(H2,20,21,22)/t13?,14?,15-,16+. The molecule has 25 heavy (non-hydrogen) atoms. The number of nitrogen functional groups attached to an aromatic ring is 1. The minimum Gasteiger partial charge on any atom is -0.368 e. The Balaban J connectivity index is 1.37. The van der Waals surface area contributed by atoms with E-state index in [0.29, 0.717) is 5.95 Å². The summed E-state index contributed by atoms with van der Waals surface area (Å²) in [5.41, 5.74) is 6.09. The van der Waals surface area contributed by atoms with E-state index in [1.165, 1.54) is 38.8 Å². The van der Waals surface area contributed by atoms with Gasteiger partial charge in [0.15, 0.2) is 0 Å². The zero-order chi connectivity index (χ0) is 17.0. The van der Waals surface area contributed by atoms with Gasteiger partial charge in [0, 0.05) is 45.3 Å². The van der Waals surface area contributed by atoms with Gasteiger partial charge in [-0.2, -0.15) is 9.97 Å². The molecule has 0 spiro atoms. The molecule has 2 saturated heterocycles. The van der Waals surface area contributed by atoms with E-state index in [1.54, 1.807) is 0 Å². The minimum atomic E-state index is 0.421. The summed E-state index contributed by atoms with van der Waals surface area (Å²) in [7, 11) is 2.18. The zero-order valence-electron chi connectivity index (χ0n) is 15.3. The number of aromatic nitrogens is 2. The van der Waals surface area contributed by atoms with Gasteiger partial charge in [0.25, 0.3) is 0 Å². The maximum absolute atomic E-state index is 6.09. The Morgan fingerprint density at radius 2 is 1.36 bits per heavy atom. The molecule has 5 aliphatic rings. The molecule has 2 N–H and O–H groups in total. The first-order chi connectivity index (χ1) is 12.2. The predicted molar refractivity (Wildman–Crippen MR) is 101 cm³/mol. The Bertz CT molecular complexity index is 613. The predicted octanol–water partition coefficient (Wildman–Crippen LogP) is 1.68. The number of rotatable bonds is 2. The van der Waals surface area contributed by atoms with Crippen LogP contribution in [0, 0.1) is 23.7 Å². The topological polar surface area (TPSA) is 61.5 Å². The molecular formula is C19H30N6. The number of nitrogens with two attached hydrogens (primary N) is 1. The number of piperazine rings is 1. The summed E-state index contributed by atoms with van der Waals surface area (Å²) in [6.45, 7) is 6.53. The van der Waals surface area contributed by atoms with Crippen molar-refractivity contribution in [3.63, 3.8) is 0 Å². The number of hydrogen-bond donors (Lipinski definition) is 1. The van der Waals surface area contributed by atoms with Crippen molar-refractivity contribution in [1.82, 2.24) is 14.9 Å². The Morgan fingerprint density at radius 3 is 1.92 bits per heavy atom. The third-order valence-electron chi connectivity index (χ3n) is 7.31. The summed E-state index contributed by atoms with van der Waals surface area (Å²) in [6.07, 6.45) is 5.83. The van der Waals surface area contributed by atoms with Crippen molar-refractivity contribution >= 4 is 17.6 Å². The first-order valence-corrected chi connectivity index (χ1v) is 10.0. The summed E-state index contributed by atoms with van der Waals surface area (Å²) in [5.74, 6) is 6.16. The Hall–Kier alpha value is -1.56. The number of fused-ring (bicyclic) bond motifs is 2. The van der Waals surface area contributed by atoms with Crippen LogP contribution < -0.4 is 15.5 Å². The lowest BCUT2D eigenvalue weighted by molar-refractivity contribution is 0.0577. The normalized spacial score (nSPS) is 35.2. The molecule has 0 unspecified atom stereocenters. The van der Waals surface area contributed by atoms with Gasteiger partial charge < -0.3 is 20.4 Å². The third kappa shape index (κ3) is 2.75. The van der Waals surface area contributed by atoms with Gasteiger partial charge in [-0.3, -0.25) is 0 Å². The fraction of sp³-hybridized carbons (Fsp3) is 0.789. The Morgan fingerprint density at radius 1 is 0.840 bits per heavy atom. The maximum Gasteiger partial charge on any atom is 0.223 e. The number of anilines is 3. The first kappa shape index (κ1) is 15.7. The molecule has 6 nitrogen and oxygen atoms in total. The number of nitrogens with zero attached hydrogens (tertiary/aromatic N) is 5. The highest BCUT2D eigenvalue weighted by molar-refractivity contribution is 5.55. The van der Waals surface area contributed by atoms with Gasteiger partial charge >= 0.3 is 0 Å². The molecule has 5 fully saturated rings. The molecular weight excluding hydrogens is 312 g/mol. The van der Waals surface area contributed by atoms with Crippen LogP contribution in [0.1, 0.15) is 25.7 Å². The van der Waals surface area contributed by atoms with E-state index >= 15 is 0 Å². The van der Waals surface area contributed by atoms with E-state index in [1.807, 2.05) is 0 Å². The lowest BCUT2D eigenvalue weighted by Gasteiger charge is -2.44. The lowest BCUT2D eigenvalue weighted by atomic mass is 9.60. The molecule has 2 bridgehead atoms. The first-order valence-electron chi connectivity index (χ1n) is 10.0. The van der Waals surface area contributed by atoms with Crippen molar-refractivity contribution in [2.75, 3.05) is 61.8 Å². The van der Waals surface area contributed by atoms with Crippen molar-refractivity contribution in [3.05, 3.63) is 6.07 Å². The fourth-order valence-corrected chi connectivity index (χ4v) is 5.84. The third-order valence-corrected chi connectivity index (χ3v) is 7.31. The SMILES string of the molecule is CN1CCN(c2cc(N3C[C@@H]4C5CCC(CC5)[C@@H]4C3)nc(N)n2)CC1. The molecule has 3 heterocycles. The Labute approximate surface area is 150 Å². The van der Waals surface area contributed by atoms with Gasteiger partial charge in [-0.1, -0.05) is 0 Å². The number of likely N-dealkylation sites (N-methyl/N-ethyl adjacent to an activating group) is 1. The van der Waals surface area contributed by atoms with Crippen molar-refractivity contribution < 1.29 is 0 Å². The second kappa shape index (κ2) is 6.01. The largest absolute Gasteiger partial charge is 0.368 e. The van der Waals surface area contributed by atoms with Crippen LogP contribution in [0.25, 0.3) is 0 Å². The molecule has 1 aromatic heterocycles. The summed E-state index contributed by atoms with van der Waals surface area (Å²) in [6, 6.07) is 2.18. The van der Waals surface area contributed by atoms with Crippen LogP contribution >= 0.6 is 0 Å². The van der Waals surface area contributed by atoms with E-state index in [9.17, 15) is 0 Å². The van der Waals surface area contributed by atoms with Crippen molar-refractivity contribution in [2.45, 2.75) is 25.7 Å². The van der Waals surface area contributed by atoms with E-state index in [4.69, 9.17) is 5.73 Å². The van der Waals surface area contributed by atoms with Crippen LogP contribution in [-0.2, 0) is 0 Å². The molecule has 2 aliphatic heterocycles. The molecule has 3 saturated carbocycles. The molecule has 6 heteroatoms. The second-order valence-electron chi connectivity index (χ2n) is 8.64. The summed E-state index contributed by atoms with van der Waals surface area (Å²) >= 11 is 0. The van der Waals surface area contributed by atoms with Crippen LogP contribution in [0.3, 0.4) is 0 Å². The molecule has 3 aliphatic carbocycles. The lowest BCUT2D eigenvalue weighted by Crippen LogP contribution is -2.45. The van der Waals surface area contributed by atoms with E-state index < -0.39 is 0 Å². The molecule has 0 aromatic carbocycles. The van der Waals surface area contributed by atoms with Crippen molar-refractivity contribution in [3.8, 4) is 0 Å². The van der Waals surface area contributed by atoms with Gasteiger partial charge in [0.05, 0.1) is 0 Å². The summed E-state index contributed by atoms with van der Waals surface area (Å²) in [4.78, 5) is 16.4. The molecule has 1 aromatic rings. The van der Waals surface area contributed by atoms with Gasteiger partial charge in [-0.25, -0.2) is 0 Å². The van der Waals surface area contributed by atoms with Crippen LogP contribution in [0.5, 0.6) is 0 Å². The van der Waals surface area contributed by atoms with Crippen LogP contribution in [-0.4, -0.2) is 61.2 Å². The highest BCUT2D eigenvalue weighted by Crippen LogP contribution is 2.52. The molecule has 2 atom stereocenters. The van der Waals surface area contributed by atoms with E-state index in [2.05, 4.69) is 37.8 Å². The summed E-state index contributed by atoms with van der Waals surface area (Å²) in [5, 5.41) is 0. The van der Waals surface area contributed by atoms with Crippen LogP contribution in [0.2, 0.25) is 0 Å². The highest BCUT2D eigenvalue weighted by Gasteiger charge is 2.48. The minimum absolute atomic E-state index is 0.421. The molecule has 0 amide bonds. The smallest absolute Gasteiger partial charge is 0.223 e. The van der Waals surface area contributed by atoms with E-state index in [0.717, 1.165) is 61.5 Å². The quantitative estimate of drug-likeness (QED) is 0.882.